The van der Waals surface area contributed by atoms with Crippen LogP contribution < -0.4 is 9.47 Å². The minimum absolute atomic E-state index is 0.263. The predicted molar refractivity (Wildman–Crippen MR) is 110 cm³/mol. The summed E-state index contributed by atoms with van der Waals surface area (Å²) < 4.78 is 12.8. The number of aromatic nitrogens is 1. The fourth-order valence-electron chi connectivity index (χ4n) is 3.32. The van der Waals surface area contributed by atoms with Crippen LogP contribution in [0, 0.1) is 6.92 Å². The summed E-state index contributed by atoms with van der Waals surface area (Å²) in [6, 6.07) is 14.8. The summed E-state index contributed by atoms with van der Waals surface area (Å²) in [4.78, 5) is 11.7. The van der Waals surface area contributed by atoms with Crippen LogP contribution >= 0.6 is 11.6 Å². The van der Waals surface area contributed by atoms with Gasteiger partial charge in [-0.15, -0.1) is 0 Å². The van der Waals surface area contributed by atoms with Crippen molar-refractivity contribution in [1.82, 2.24) is 4.57 Å². The molecule has 6 heteroatoms. The molecule has 3 rings (SSSR count). The molecule has 0 aliphatic heterocycles. The average molecular weight is 400 g/mol. The maximum absolute atomic E-state index is 11.7. The number of carbonyl (C=O) groups is 1. The zero-order valence-electron chi connectivity index (χ0n) is 16.0. The van der Waals surface area contributed by atoms with Crippen LogP contribution in [0.1, 0.15) is 21.6 Å². The number of hydrogen-bond donors (Lipinski definition) is 1. The highest BCUT2D eigenvalue weighted by Gasteiger charge is 2.20. The molecule has 1 aromatic heterocycles. The zero-order valence-corrected chi connectivity index (χ0v) is 16.8. The minimum Gasteiger partial charge on any atom is -0.497 e. The third kappa shape index (κ3) is 3.85. The number of ether oxygens (including phenoxy) is 2. The van der Waals surface area contributed by atoms with Crippen LogP contribution in [0.3, 0.4) is 0 Å². The monoisotopic (exact) mass is 399 g/mol. The highest BCUT2D eigenvalue weighted by atomic mass is 35.5. The summed E-state index contributed by atoms with van der Waals surface area (Å²) in [5, 5.41) is 10.3. The van der Waals surface area contributed by atoms with Crippen molar-refractivity contribution < 1.29 is 19.4 Å². The third-order valence-corrected chi connectivity index (χ3v) is 5.21. The first-order chi connectivity index (χ1) is 13.5. The normalized spacial score (nSPS) is 10.7. The standard InChI is InChI=1S/C22H22ClNO4/c1-14-17(22(25)26)13-20(18-12-16(27-2)8-9-21(18)28-3)24(14)11-10-15-6-4-5-7-19(15)23/h4-9,12-13H,10-11H2,1-3H3,(H,25,26). The highest BCUT2D eigenvalue weighted by molar-refractivity contribution is 6.31. The molecule has 3 aromatic rings. The molecule has 2 aromatic carbocycles. The number of carboxylic acids is 1. The Bertz CT molecular complexity index is 1010. The Labute approximate surface area is 169 Å². The summed E-state index contributed by atoms with van der Waals surface area (Å²) in [6.45, 7) is 2.39. The Morgan fingerprint density at radius 3 is 2.50 bits per heavy atom. The second kappa shape index (κ2) is 8.40. The topological polar surface area (TPSA) is 60.7 Å². The van der Waals surface area contributed by atoms with E-state index in [1.165, 1.54) is 0 Å². The van der Waals surface area contributed by atoms with Crippen molar-refractivity contribution in [3.63, 3.8) is 0 Å². The maximum Gasteiger partial charge on any atom is 0.337 e. The van der Waals surface area contributed by atoms with Gasteiger partial charge in [0, 0.05) is 22.8 Å². The van der Waals surface area contributed by atoms with Crippen molar-refractivity contribution in [3.8, 4) is 22.8 Å². The number of benzene rings is 2. The smallest absolute Gasteiger partial charge is 0.337 e. The molecule has 5 nitrogen and oxygen atoms in total. The predicted octanol–water partition coefficient (Wildman–Crippen LogP) is 5.08. The van der Waals surface area contributed by atoms with E-state index in [1.54, 1.807) is 20.3 Å². The molecule has 0 saturated heterocycles. The van der Waals surface area contributed by atoms with Crippen molar-refractivity contribution in [2.24, 2.45) is 0 Å². The van der Waals surface area contributed by atoms with Gasteiger partial charge in [0.25, 0.3) is 0 Å². The number of hydrogen-bond acceptors (Lipinski definition) is 3. The van der Waals surface area contributed by atoms with E-state index >= 15 is 0 Å². The van der Waals surface area contributed by atoms with Gasteiger partial charge >= 0.3 is 5.97 Å². The first-order valence-electron chi connectivity index (χ1n) is 8.85. The van der Waals surface area contributed by atoms with Gasteiger partial charge in [0.05, 0.1) is 25.5 Å². The lowest BCUT2D eigenvalue weighted by molar-refractivity contribution is 0.0696. The molecule has 0 atom stereocenters. The van der Waals surface area contributed by atoms with Crippen LogP contribution in [-0.4, -0.2) is 29.9 Å². The Morgan fingerprint density at radius 2 is 1.86 bits per heavy atom. The Hall–Kier alpha value is -2.92. The van der Waals surface area contributed by atoms with Gasteiger partial charge in [-0.3, -0.25) is 0 Å². The van der Waals surface area contributed by atoms with E-state index in [1.807, 2.05) is 54.0 Å². The number of nitrogens with zero attached hydrogens (tertiary/aromatic N) is 1. The molecular weight excluding hydrogens is 378 g/mol. The molecule has 0 aliphatic rings. The van der Waals surface area contributed by atoms with E-state index < -0.39 is 5.97 Å². The summed E-state index contributed by atoms with van der Waals surface area (Å²) in [6.07, 6.45) is 0.674. The van der Waals surface area contributed by atoms with Crippen molar-refractivity contribution in [1.29, 1.82) is 0 Å². The average Bonchev–Trinajstić information content (AvgIpc) is 3.03. The van der Waals surface area contributed by atoms with Gasteiger partial charge < -0.3 is 19.1 Å². The van der Waals surface area contributed by atoms with Crippen LogP contribution in [0.4, 0.5) is 0 Å². The molecule has 1 heterocycles. The molecule has 1 N–H and O–H groups in total. The summed E-state index contributed by atoms with van der Waals surface area (Å²) >= 11 is 6.29. The SMILES string of the molecule is COc1ccc(OC)c(-c2cc(C(=O)O)c(C)n2CCc2ccccc2Cl)c1. The second-order valence-electron chi connectivity index (χ2n) is 6.39. The summed E-state index contributed by atoms with van der Waals surface area (Å²) in [5.74, 6) is 0.357. The number of aromatic carboxylic acids is 1. The quantitative estimate of drug-likeness (QED) is 0.602. The summed E-state index contributed by atoms with van der Waals surface area (Å²) in [5.41, 5.74) is 3.49. The van der Waals surface area contributed by atoms with E-state index in [0.29, 0.717) is 35.2 Å². The molecular formula is C22H22ClNO4. The Kier molecular flexibility index (Phi) is 5.95. The summed E-state index contributed by atoms with van der Waals surface area (Å²) in [7, 11) is 3.18. The maximum atomic E-state index is 11.7. The van der Waals surface area contributed by atoms with E-state index in [2.05, 4.69) is 0 Å². The van der Waals surface area contributed by atoms with Crippen LogP contribution in [0.2, 0.25) is 5.02 Å². The molecule has 0 spiro atoms. The van der Waals surface area contributed by atoms with Crippen LogP contribution in [0.5, 0.6) is 11.5 Å². The lowest BCUT2D eigenvalue weighted by Gasteiger charge is -2.15. The number of carboxylic acid groups (broad SMARTS) is 1. The minimum atomic E-state index is -0.961. The van der Waals surface area contributed by atoms with Gasteiger partial charge in [-0.05, 0) is 49.2 Å². The molecule has 0 aliphatic carbocycles. The lowest BCUT2D eigenvalue weighted by atomic mass is 10.1. The zero-order chi connectivity index (χ0) is 20.3. The fraction of sp³-hybridized carbons (Fsp3) is 0.227. The van der Waals surface area contributed by atoms with E-state index in [9.17, 15) is 9.90 Å². The van der Waals surface area contributed by atoms with Crippen molar-refractivity contribution in [3.05, 3.63) is 70.4 Å². The van der Waals surface area contributed by atoms with E-state index in [4.69, 9.17) is 21.1 Å². The van der Waals surface area contributed by atoms with Gasteiger partial charge in [0.15, 0.2) is 0 Å². The first-order valence-corrected chi connectivity index (χ1v) is 9.23. The highest BCUT2D eigenvalue weighted by Crippen LogP contribution is 2.36. The number of rotatable bonds is 7. The fourth-order valence-corrected chi connectivity index (χ4v) is 3.55. The molecule has 0 amide bonds. The second-order valence-corrected chi connectivity index (χ2v) is 6.80. The van der Waals surface area contributed by atoms with Gasteiger partial charge in [0.1, 0.15) is 11.5 Å². The number of halogens is 1. The van der Waals surface area contributed by atoms with Gasteiger partial charge in [-0.2, -0.15) is 0 Å². The molecule has 146 valence electrons. The van der Waals surface area contributed by atoms with Crippen molar-refractivity contribution >= 4 is 17.6 Å². The van der Waals surface area contributed by atoms with Gasteiger partial charge in [-0.25, -0.2) is 4.79 Å². The molecule has 0 radical (unpaired) electrons. The molecule has 28 heavy (non-hydrogen) atoms. The van der Waals surface area contributed by atoms with Crippen molar-refractivity contribution in [2.75, 3.05) is 14.2 Å². The Balaban J connectivity index is 2.10. The van der Waals surface area contributed by atoms with E-state index in [0.717, 1.165) is 16.8 Å². The van der Waals surface area contributed by atoms with Crippen LogP contribution in [-0.2, 0) is 13.0 Å². The van der Waals surface area contributed by atoms with Gasteiger partial charge in [0.2, 0.25) is 0 Å². The number of aryl methyl sites for hydroxylation is 1. The third-order valence-electron chi connectivity index (χ3n) is 4.84. The molecule has 0 unspecified atom stereocenters. The molecule has 0 fully saturated rings. The molecule has 0 saturated carbocycles. The van der Waals surface area contributed by atoms with Gasteiger partial charge in [-0.1, -0.05) is 29.8 Å². The van der Waals surface area contributed by atoms with Crippen LogP contribution in [0.15, 0.2) is 48.5 Å². The Morgan fingerprint density at radius 1 is 1.11 bits per heavy atom. The first kappa shape index (κ1) is 19.8. The number of methoxy groups -OCH3 is 2. The van der Waals surface area contributed by atoms with Crippen molar-refractivity contribution in [2.45, 2.75) is 19.9 Å². The lowest BCUT2D eigenvalue weighted by Crippen LogP contribution is -2.07. The largest absolute Gasteiger partial charge is 0.497 e. The molecule has 0 bridgehead atoms. The van der Waals surface area contributed by atoms with E-state index in [-0.39, 0.29) is 5.56 Å². The van der Waals surface area contributed by atoms with Crippen LogP contribution in [0.25, 0.3) is 11.3 Å².